The van der Waals surface area contributed by atoms with Crippen LogP contribution in [0.1, 0.15) is 33.4 Å². The number of fused-ring (bicyclic) bond motifs is 2. The highest BCUT2D eigenvalue weighted by Gasteiger charge is 2.13. The highest BCUT2D eigenvalue weighted by molar-refractivity contribution is 5.56. The van der Waals surface area contributed by atoms with E-state index in [1.54, 1.807) is 0 Å². The molecule has 0 aliphatic heterocycles. The molecule has 0 radical (unpaired) electrons. The topological polar surface area (TPSA) is 0 Å². The van der Waals surface area contributed by atoms with E-state index in [1.807, 2.05) is 0 Å². The van der Waals surface area contributed by atoms with Crippen LogP contribution < -0.4 is 20.9 Å². The number of hydrogen-bond donors (Lipinski definition) is 0. The van der Waals surface area contributed by atoms with Crippen LogP contribution >= 0.6 is 0 Å². The molecular weight excluding hydrogens is 300 g/mol. The summed E-state index contributed by atoms with van der Waals surface area (Å²) in [4.78, 5) is 0. The maximum Gasteiger partial charge on any atom is 0.108 e. The monoisotopic (exact) mass is 323 g/mol. The zero-order chi connectivity index (χ0) is 17.6. The lowest BCUT2D eigenvalue weighted by Crippen LogP contribution is -2.26. The zero-order valence-electron chi connectivity index (χ0n) is 15.4. The van der Waals surface area contributed by atoms with Crippen LogP contribution in [-0.4, -0.2) is 0 Å². The largest absolute Gasteiger partial charge is 0.108 e. The minimum Gasteiger partial charge on any atom is -0.0935 e. The van der Waals surface area contributed by atoms with Crippen LogP contribution in [0.4, 0.5) is 0 Å². The summed E-state index contributed by atoms with van der Waals surface area (Å²) < 4.78 is 0. The maximum atomic E-state index is 3.73. The molecule has 0 spiro atoms. The Morgan fingerprint density at radius 2 is 1.52 bits per heavy atom. The van der Waals surface area contributed by atoms with E-state index in [0.29, 0.717) is 0 Å². The van der Waals surface area contributed by atoms with Crippen LogP contribution in [-0.2, 0) is 6.42 Å². The Kier molecular flexibility index (Phi) is 3.79. The van der Waals surface area contributed by atoms with Gasteiger partial charge in [0.25, 0.3) is 0 Å². The summed E-state index contributed by atoms with van der Waals surface area (Å²) in [5, 5.41) is 5.15. The standard InChI is InChI=1S/C25H23/c1-16-13-20(18(3)24-11-7-5-9-22(16)24)15-21-14-17(2)23-10-6-8-12-25(23)19(21)4/h5-11,13-14H,12H2,1-4H3/q+1. The van der Waals surface area contributed by atoms with Crippen molar-refractivity contribution < 1.29 is 0 Å². The number of hydrogen-bond acceptors (Lipinski definition) is 0. The van der Waals surface area contributed by atoms with Gasteiger partial charge in [-0.3, -0.25) is 0 Å². The predicted molar refractivity (Wildman–Crippen MR) is 107 cm³/mol. The van der Waals surface area contributed by atoms with Gasteiger partial charge in [0, 0.05) is 41.0 Å². The van der Waals surface area contributed by atoms with Crippen LogP contribution in [0.5, 0.6) is 0 Å². The third-order valence-corrected chi connectivity index (χ3v) is 5.48. The molecule has 0 unspecified atom stereocenters. The second-order valence-corrected chi connectivity index (χ2v) is 7.09. The average molecular weight is 323 g/mol. The Bertz CT molecular complexity index is 1100. The first-order valence-electron chi connectivity index (χ1n) is 8.95. The van der Waals surface area contributed by atoms with Gasteiger partial charge in [-0.2, -0.15) is 0 Å². The molecule has 0 amide bonds. The van der Waals surface area contributed by atoms with Crippen molar-refractivity contribution in [3.8, 4) is 0 Å². The molecule has 0 aromatic heterocycles. The van der Waals surface area contributed by atoms with Gasteiger partial charge in [-0.05, 0) is 68.2 Å². The fourth-order valence-corrected chi connectivity index (χ4v) is 3.96. The van der Waals surface area contributed by atoms with Crippen LogP contribution in [0, 0.1) is 34.1 Å². The van der Waals surface area contributed by atoms with Crippen molar-refractivity contribution >= 4 is 17.9 Å². The summed E-state index contributed by atoms with van der Waals surface area (Å²) >= 11 is 0. The first kappa shape index (κ1) is 15.8. The van der Waals surface area contributed by atoms with E-state index in [0.717, 1.165) is 6.42 Å². The fourth-order valence-electron chi connectivity index (χ4n) is 3.96. The van der Waals surface area contributed by atoms with Gasteiger partial charge in [-0.1, -0.05) is 24.0 Å². The maximum absolute atomic E-state index is 3.73. The second-order valence-electron chi connectivity index (χ2n) is 7.09. The van der Waals surface area contributed by atoms with Gasteiger partial charge >= 0.3 is 0 Å². The molecule has 0 fully saturated rings. The SMILES string of the molecule is Cc1c2c(c(C)cc1=C=c1cc(C)c3c(c1C)CC=CC=3)=CC=C[CH+]2. The Balaban J connectivity index is 2.15. The summed E-state index contributed by atoms with van der Waals surface area (Å²) in [6.07, 6.45) is 16.3. The van der Waals surface area contributed by atoms with Gasteiger partial charge in [0.05, 0.1) is 10.4 Å². The van der Waals surface area contributed by atoms with E-state index in [-0.39, 0.29) is 0 Å². The van der Waals surface area contributed by atoms with Crippen molar-refractivity contribution in [2.75, 3.05) is 0 Å². The molecule has 2 aliphatic carbocycles. The average Bonchev–Trinajstić information content (AvgIpc) is 2.64. The van der Waals surface area contributed by atoms with Gasteiger partial charge in [-0.25, -0.2) is 0 Å². The quantitative estimate of drug-likeness (QED) is 0.654. The van der Waals surface area contributed by atoms with Gasteiger partial charge in [0.2, 0.25) is 0 Å². The van der Waals surface area contributed by atoms with Crippen molar-refractivity contribution in [1.29, 1.82) is 0 Å². The van der Waals surface area contributed by atoms with E-state index in [9.17, 15) is 0 Å². The molecule has 122 valence electrons. The lowest BCUT2D eigenvalue weighted by atomic mass is 9.92. The second kappa shape index (κ2) is 5.99. The summed E-state index contributed by atoms with van der Waals surface area (Å²) in [6.45, 7) is 8.84. The van der Waals surface area contributed by atoms with Gasteiger partial charge in [0.15, 0.2) is 0 Å². The predicted octanol–water partition coefficient (Wildman–Crippen LogP) is 2.47. The molecule has 0 nitrogen and oxygen atoms in total. The van der Waals surface area contributed by atoms with Crippen molar-refractivity contribution in [3.05, 3.63) is 97.1 Å². The van der Waals surface area contributed by atoms with Crippen molar-refractivity contribution in [2.24, 2.45) is 0 Å². The highest BCUT2D eigenvalue weighted by Crippen LogP contribution is 2.08. The summed E-state index contributed by atoms with van der Waals surface area (Å²) in [7, 11) is 0. The minimum absolute atomic E-state index is 1.02. The molecule has 2 aromatic rings. The lowest BCUT2D eigenvalue weighted by molar-refractivity contribution is 1.13. The number of benzene rings is 2. The number of allylic oxidation sites excluding steroid dienone is 4. The Morgan fingerprint density at radius 3 is 2.32 bits per heavy atom. The molecule has 25 heavy (non-hydrogen) atoms. The van der Waals surface area contributed by atoms with E-state index >= 15 is 0 Å². The Morgan fingerprint density at radius 1 is 0.840 bits per heavy atom. The van der Waals surface area contributed by atoms with Crippen molar-refractivity contribution in [2.45, 2.75) is 34.1 Å². The molecule has 0 saturated carbocycles. The summed E-state index contributed by atoms with van der Waals surface area (Å²) in [5.41, 5.74) is 11.8. The zero-order valence-corrected chi connectivity index (χ0v) is 15.4. The first-order chi connectivity index (χ1) is 12.1. The Labute approximate surface area is 149 Å². The van der Waals surface area contributed by atoms with Gasteiger partial charge < -0.3 is 0 Å². The molecular formula is C25H23+. The van der Waals surface area contributed by atoms with E-state index in [2.05, 4.69) is 88.4 Å². The van der Waals surface area contributed by atoms with Crippen molar-refractivity contribution in [1.82, 2.24) is 0 Å². The summed E-state index contributed by atoms with van der Waals surface area (Å²) in [5.74, 6) is 0. The minimum atomic E-state index is 1.02. The molecule has 0 heteroatoms. The van der Waals surface area contributed by atoms with Crippen LogP contribution in [0.25, 0.3) is 17.9 Å². The molecule has 0 atom stereocenters. The summed E-state index contributed by atoms with van der Waals surface area (Å²) in [6, 6.07) is 4.56. The van der Waals surface area contributed by atoms with Crippen LogP contribution in [0.3, 0.4) is 0 Å². The molecule has 0 N–H and O–H groups in total. The van der Waals surface area contributed by atoms with E-state index in [1.165, 1.54) is 54.3 Å². The van der Waals surface area contributed by atoms with E-state index < -0.39 is 0 Å². The van der Waals surface area contributed by atoms with Crippen molar-refractivity contribution in [3.63, 3.8) is 0 Å². The third-order valence-electron chi connectivity index (χ3n) is 5.48. The smallest absolute Gasteiger partial charge is 0.0935 e. The number of rotatable bonds is 0. The molecule has 2 aliphatic rings. The van der Waals surface area contributed by atoms with Gasteiger partial charge in [-0.15, -0.1) is 0 Å². The first-order valence-corrected chi connectivity index (χ1v) is 8.95. The van der Waals surface area contributed by atoms with Gasteiger partial charge in [0.1, 0.15) is 5.56 Å². The lowest BCUT2D eigenvalue weighted by Gasteiger charge is -2.10. The molecule has 2 aromatic carbocycles. The normalized spacial score (nSPS) is 13.9. The molecule has 0 saturated heterocycles. The van der Waals surface area contributed by atoms with Crippen LogP contribution in [0.15, 0.2) is 36.4 Å². The molecule has 4 rings (SSSR count). The number of aryl methyl sites for hydroxylation is 2. The molecule has 0 heterocycles. The third kappa shape index (κ3) is 2.60. The van der Waals surface area contributed by atoms with Crippen LogP contribution in [0.2, 0.25) is 0 Å². The Hall–Kier alpha value is -2.69. The molecule has 0 bridgehead atoms. The van der Waals surface area contributed by atoms with E-state index in [4.69, 9.17) is 0 Å². The fraction of sp³-hybridized carbons (Fsp3) is 0.200. The highest BCUT2D eigenvalue weighted by atomic mass is 14.1.